The highest BCUT2D eigenvalue weighted by atomic mass is 35.5. The number of nitrogens with two attached hydrogens (primary N) is 1. The Bertz CT molecular complexity index is 260. The number of hydrogen-bond acceptors (Lipinski definition) is 4. The minimum Gasteiger partial charge on any atom is -0.374 e. The van der Waals surface area contributed by atoms with Gasteiger partial charge in [-0.05, 0) is 19.3 Å². The number of morpholine rings is 1. The number of likely N-dealkylation sites (tertiary alicyclic amines) is 1. The molecule has 0 bridgehead atoms. The van der Waals surface area contributed by atoms with Gasteiger partial charge < -0.3 is 15.4 Å². The van der Waals surface area contributed by atoms with Crippen molar-refractivity contribution in [2.24, 2.45) is 5.73 Å². The van der Waals surface area contributed by atoms with Crippen LogP contribution in [0.3, 0.4) is 0 Å². The summed E-state index contributed by atoms with van der Waals surface area (Å²) in [4.78, 5) is 16.2. The lowest BCUT2D eigenvalue weighted by Gasteiger charge is -2.34. The number of halogens is 1. The first-order valence-corrected chi connectivity index (χ1v) is 6.61. The van der Waals surface area contributed by atoms with Crippen molar-refractivity contribution in [3.05, 3.63) is 0 Å². The zero-order valence-corrected chi connectivity index (χ0v) is 11.7. The number of nitrogens with zero attached hydrogens (tertiary/aromatic N) is 2. The zero-order chi connectivity index (χ0) is 12.1. The van der Waals surface area contributed by atoms with Gasteiger partial charge >= 0.3 is 0 Å². The Balaban J connectivity index is 0.00000162. The highest BCUT2D eigenvalue weighted by Crippen LogP contribution is 2.10. The van der Waals surface area contributed by atoms with Crippen LogP contribution < -0.4 is 5.73 Å². The van der Waals surface area contributed by atoms with E-state index in [0.717, 1.165) is 39.0 Å². The zero-order valence-electron chi connectivity index (χ0n) is 10.8. The molecule has 2 fully saturated rings. The average molecular weight is 278 g/mol. The van der Waals surface area contributed by atoms with E-state index in [1.807, 2.05) is 4.90 Å². The van der Waals surface area contributed by atoms with Gasteiger partial charge in [-0.1, -0.05) is 0 Å². The molecule has 2 rings (SSSR count). The van der Waals surface area contributed by atoms with Gasteiger partial charge in [-0.15, -0.1) is 12.4 Å². The molecule has 1 unspecified atom stereocenters. The van der Waals surface area contributed by atoms with Crippen LogP contribution in [0.4, 0.5) is 0 Å². The third-order valence-corrected chi connectivity index (χ3v) is 3.55. The molecular weight excluding hydrogens is 254 g/mol. The van der Waals surface area contributed by atoms with E-state index in [0.29, 0.717) is 19.7 Å². The van der Waals surface area contributed by atoms with Crippen LogP contribution in [-0.2, 0) is 9.53 Å². The van der Waals surface area contributed by atoms with Crippen molar-refractivity contribution in [1.29, 1.82) is 0 Å². The van der Waals surface area contributed by atoms with E-state index in [-0.39, 0.29) is 24.4 Å². The van der Waals surface area contributed by atoms with Crippen LogP contribution in [0.25, 0.3) is 0 Å². The minimum atomic E-state index is 0. The lowest BCUT2D eigenvalue weighted by molar-refractivity contribution is -0.135. The number of hydrogen-bond donors (Lipinski definition) is 1. The Morgan fingerprint density at radius 3 is 2.61 bits per heavy atom. The van der Waals surface area contributed by atoms with E-state index in [1.54, 1.807) is 0 Å². The van der Waals surface area contributed by atoms with Gasteiger partial charge in [0.25, 0.3) is 0 Å². The molecule has 2 aliphatic rings. The summed E-state index contributed by atoms with van der Waals surface area (Å²) in [5.74, 6) is 0.266. The van der Waals surface area contributed by atoms with Gasteiger partial charge in [0.05, 0.1) is 19.3 Å². The molecule has 0 aromatic rings. The summed E-state index contributed by atoms with van der Waals surface area (Å²) in [6.45, 7) is 5.25. The molecule has 2 heterocycles. The topological polar surface area (TPSA) is 58.8 Å². The van der Waals surface area contributed by atoms with E-state index in [1.165, 1.54) is 6.42 Å². The third-order valence-electron chi connectivity index (χ3n) is 3.55. The van der Waals surface area contributed by atoms with E-state index >= 15 is 0 Å². The van der Waals surface area contributed by atoms with Gasteiger partial charge in [-0.25, -0.2) is 0 Å². The average Bonchev–Trinajstić information content (AvgIpc) is 2.40. The maximum absolute atomic E-state index is 12.1. The number of amides is 1. The van der Waals surface area contributed by atoms with Crippen molar-refractivity contribution in [2.45, 2.75) is 25.4 Å². The Labute approximate surface area is 115 Å². The van der Waals surface area contributed by atoms with Gasteiger partial charge in [0.2, 0.25) is 5.91 Å². The van der Waals surface area contributed by atoms with Crippen molar-refractivity contribution < 1.29 is 9.53 Å². The molecule has 5 nitrogen and oxygen atoms in total. The summed E-state index contributed by atoms with van der Waals surface area (Å²) in [6, 6.07) is 0. The van der Waals surface area contributed by atoms with Crippen LogP contribution >= 0.6 is 12.4 Å². The maximum atomic E-state index is 12.1. The largest absolute Gasteiger partial charge is 0.374 e. The Kier molecular flexibility index (Phi) is 6.92. The summed E-state index contributed by atoms with van der Waals surface area (Å²) in [5.41, 5.74) is 5.59. The molecule has 106 valence electrons. The first kappa shape index (κ1) is 15.7. The van der Waals surface area contributed by atoms with E-state index < -0.39 is 0 Å². The second kappa shape index (κ2) is 7.94. The van der Waals surface area contributed by atoms with Crippen molar-refractivity contribution in [3.8, 4) is 0 Å². The summed E-state index contributed by atoms with van der Waals surface area (Å²) in [7, 11) is 0. The lowest BCUT2D eigenvalue weighted by atomic mass is 10.1. The molecule has 2 N–H and O–H groups in total. The monoisotopic (exact) mass is 277 g/mol. The molecule has 0 aromatic carbocycles. The molecule has 0 aromatic heterocycles. The molecule has 2 saturated heterocycles. The second-order valence-corrected chi connectivity index (χ2v) is 4.91. The molecule has 0 spiro atoms. The van der Waals surface area contributed by atoms with Gasteiger partial charge in [-0.3, -0.25) is 9.69 Å². The molecule has 0 aliphatic carbocycles. The van der Waals surface area contributed by atoms with E-state index in [4.69, 9.17) is 10.5 Å². The summed E-state index contributed by atoms with van der Waals surface area (Å²) in [6.07, 6.45) is 3.66. The standard InChI is InChI=1S/C12H23N3O2.ClH/c13-8-11-9-14(6-7-17-11)10-12(16)15-4-2-1-3-5-15;/h11H,1-10,13H2;1H. The normalized spacial score (nSPS) is 25.6. The molecule has 1 amide bonds. The van der Waals surface area contributed by atoms with E-state index in [9.17, 15) is 4.79 Å². The number of piperidine rings is 1. The lowest BCUT2D eigenvalue weighted by Crippen LogP contribution is -2.50. The van der Waals surface area contributed by atoms with Crippen LogP contribution in [0, 0.1) is 0 Å². The van der Waals surface area contributed by atoms with Crippen molar-refractivity contribution in [1.82, 2.24) is 9.80 Å². The van der Waals surface area contributed by atoms with Crippen molar-refractivity contribution >= 4 is 18.3 Å². The van der Waals surface area contributed by atoms with Crippen molar-refractivity contribution in [2.75, 3.05) is 45.9 Å². The smallest absolute Gasteiger partial charge is 0.236 e. The molecule has 1 atom stereocenters. The Morgan fingerprint density at radius 1 is 1.22 bits per heavy atom. The van der Waals surface area contributed by atoms with Gasteiger partial charge in [0, 0.05) is 32.7 Å². The molecule has 0 saturated carbocycles. The molecule has 6 heteroatoms. The third kappa shape index (κ3) is 4.39. The highest BCUT2D eigenvalue weighted by Gasteiger charge is 2.23. The molecule has 0 radical (unpaired) electrons. The van der Waals surface area contributed by atoms with Gasteiger partial charge in [0.1, 0.15) is 0 Å². The fraction of sp³-hybridized carbons (Fsp3) is 0.917. The van der Waals surface area contributed by atoms with Crippen LogP contribution in [0.2, 0.25) is 0 Å². The fourth-order valence-corrected chi connectivity index (χ4v) is 2.50. The number of carbonyl (C=O) groups excluding carboxylic acids is 1. The second-order valence-electron chi connectivity index (χ2n) is 4.91. The first-order valence-electron chi connectivity index (χ1n) is 6.61. The predicted octanol–water partition coefficient (Wildman–Crippen LogP) is 0.0802. The van der Waals surface area contributed by atoms with Gasteiger partial charge in [-0.2, -0.15) is 0 Å². The number of carbonyl (C=O) groups is 1. The van der Waals surface area contributed by atoms with Crippen molar-refractivity contribution in [3.63, 3.8) is 0 Å². The number of rotatable bonds is 3. The Morgan fingerprint density at radius 2 is 1.94 bits per heavy atom. The van der Waals surface area contributed by atoms with Gasteiger partial charge in [0.15, 0.2) is 0 Å². The predicted molar refractivity (Wildman–Crippen MR) is 72.9 cm³/mol. The fourth-order valence-electron chi connectivity index (χ4n) is 2.50. The molecule has 18 heavy (non-hydrogen) atoms. The van der Waals surface area contributed by atoms with Crippen LogP contribution in [0.1, 0.15) is 19.3 Å². The number of ether oxygens (including phenoxy) is 1. The van der Waals surface area contributed by atoms with E-state index in [2.05, 4.69) is 4.90 Å². The molecule has 2 aliphatic heterocycles. The first-order chi connectivity index (χ1) is 8.29. The minimum absolute atomic E-state index is 0. The summed E-state index contributed by atoms with van der Waals surface area (Å²) in [5, 5.41) is 0. The maximum Gasteiger partial charge on any atom is 0.236 e. The van der Waals surface area contributed by atoms with Crippen LogP contribution in [0.5, 0.6) is 0 Å². The summed E-state index contributed by atoms with van der Waals surface area (Å²) >= 11 is 0. The molecular formula is C12H24ClN3O2. The summed E-state index contributed by atoms with van der Waals surface area (Å²) < 4.78 is 5.49. The van der Waals surface area contributed by atoms with Crippen LogP contribution in [-0.4, -0.2) is 67.7 Å². The van der Waals surface area contributed by atoms with Crippen LogP contribution in [0.15, 0.2) is 0 Å². The quantitative estimate of drug-likeness (QED) is 0.794. The highest BCUT2D eigenvalue weighted by molar-refractivity contribution is 5.85. The SMILES string of the molecule is Cl.NCC1CN(CC(=O)N2CCCCC2)CCO1. The Hall–Kier alpha value is -0.360.